The Balaban J connectivity index is 1.60. The number of urea groups is 1. The van der Waals surface area contributed by atoms with Crippen LogP contribution >= 0.6 is 11.8 Å². The molecule has 1 aliphatic rings. The molecule has 2 atom stereocenters. The van der Waals surface area contributed by atoms with Gasteiger partial charge in [-0.05, 0) is 24.6 Å². The summed E-state index contributed by atoms with van der Waals surface area (Å²) in [7, 11) is 1.86. The summed E-state index contributed by atoms with van der Waals surface area (Å²) >= 11 is 1.53. The van der Waals surface area contributed by atoms with Crippen LogP contribution < -0.4 is 5.32 Å². The van der Waals surface area contributed by atoms with E-state index in [1.54, 1.807) is 12.4 Å². The molecule has 2 heterocycles. The second kappa shape index (κ2) is 9.04. The highest BCUT2D eigenvalue weighted by Gasteiger charge is 2.35. The van der Waals surface area contributed by atoms with E-state index < -0.39 is 24.7 Å². The molecule has 1 saturated heterocycles. The number of carbonyl (C=O) groups is 1. The van der Waals surface area contributed by atoms with Gasteiger partial charge in [0.25, 0.3) is 0 Å². The number of alkyl halides is 3. The van der Waals surface area contributed by atoms with Gasteiger partial charge < -0.3 is 19.5 Å². The Labute approximate surface area is 170 Å². The van der Waals surface area contributed by atoms with Crippen LogP contribution in [0.4, 0.5) is 23.7 Å². The number of nitrogens with one attached hydrogen (secondary N) is 1. The van der Waals surface area contributed by atoms with E-state index in [2.05, 4.69) is 15.5 Å². The van der Waals surface area contributed by atoms with Crippen molar-refractivity contribution in [2.45, 2.75) is 36.0 Å². The monoisotopic (exact) mass is 429 g/mol. The lowest BCUT2D eigenvalue weighted by atomic mass is 10.1. The van der Waals surface area contributed by atoms with Crippen molar-refractivity contribution in [3.05, 3.63) is 36.2 Å². The van der Waals surface area contributed by atoms with E-state index in [4.69, 9.17) is 4.74 Å². The van der Waals surface area contributed by atoms with Gasteiger partial charge >= 0.3 is 12.2 Å². The van der Waals surface area contributed by atoms with Gasteiger partial charge in [0, 0.05) is 31.1 Å². The van der Waals surface area contributed by atoms with Crippen molar-refractivity contribution in [1.82, 2.24) is 19.7 Å². The van der Waals surface area contributed by atoms with Gasteiger partial charge in [0.1, 0.15) is 6.33 Å². The lowest BCUT2D eigenvalue weighted by Crippen LogP contribution is -2.48. The summed E-state index contributed by atoms with van der Waals surface area (Å²) in [6.45, 7) is 2.26. The molecule has 0 spiro atoms. The van der Waals surface area contributed by atoms with Crippen molar-refractivity contribution in [2.24, 2.45) is 7.05 Å². The molecule has 158 valence electrons. The Morgan fingerprint density at radius 2 is 2.24 bits per heavy atom. The summed E-state index contributed by atoms with van der Waals surface area (Å²) in [5.41, 5.74) is 1.56. The maximum absolute atomic E-state index is 12.6. The molecular formula is C18H22F3N5O2S. The minimum Gasteiger partial charge on any atom is -0.374 e. The fourth-order valence-corrected chi connectivity index (χ4v) is 3.87. The third-order valence-corrected chi connectivity index (χ3v) is 5.65. The highest BCUT2D eigenvalue weighted by Crippen LogP contribution is 2.34. The summed E-state index contributed by atoms with van der Waals surface area (Å²) in [5.74, 6) is 0. The average molecular weight is 429 g/mol. The quantitative estimate of drug-likeness (QED) is 0.731. The van der Waals surface area contributed by atoms with E-state index >= 15 is 0 Å². The lowest BCUT2D eigenvalue weighted by Gasteiger charge is -2.33. The Hall–Kier alpha value is -2.27. The van der Waals surface area contributed by atoms with Crippen LogP contribution in [-0.4, -0.2) is 57.7 Å². The van der Waals surface area contributed by atoms with Gasteiger partial charge in [0.2, 0.25) is 0 Å². The van der Waals surface area contributed by atoms with E-state index in [-0.39, 0.29) is 24.9 Å². The fraction of sp³-hybridized carbons (Fsp3) is 0.500. The molecular weight excluding hydrogens is 407 g/mol. The molecule has 1 aromatic heterocycles. The van der Waals surface area contributed by atoms with Crippen LogP contribution in [0.5, 0.6) is 0 Å². The highest BCUT2D eigenvalue weighted by atomic mass is 32.2. The van der Waals surface area contributed by atoms with Crippen LogP contribution in [0.1, 0.15) is 24.2 Å². The van der Waals surface area contributed by atoms with Crippen molar-refractivity contribution in [3.63, 3.8) is 0 Å². The second-order valence-corrected chi connectivity index (χ2v) is 8.11. The predicted molar refractivity (Wildman–Crippen MR) is 103 cm³/mol. The number of amides is 2. The first-order chi connectivity index (χ1) is 13.7. The number of aromatic nitrogens is 3. The molecule has 11 heteroatoms. The zero-order valence-electron chi connectivity index (χ0n) is 16.0. The maximum Gasteiger partial charge on any atom is 0.391 e. The van der Waals surface area contributed by atoms with Crippen LogP contribution in [0, 0.1) is 0 Å². The Kier molecular flexibility index (Phi) is 6.68. The molecule has 1 aliphatic heterocycles. The Morgan fingerprint density at radius 1 is 1.45 bits per heavy atom. The van der Waals surface area contributed by atoms with Gasteiger partial charge in [-0.15, -0.1) is 10.2 Å². The lowest BCUT2D eigenvalue weighted by molar-refractivity contribution is -0.168. The number of hydrogen-bond acceptors (Lipinski definition) is 5. The molecule has 0 aliphatic carbocycles. The molecule has 7 nitrogen and oxygen atoms in total. The van der Waals surface area contributed by atoms with Crippen molar-refractivity contribution in [3.8, 4) is 0 Å². The minimum atomic E-state index is -4.32. The number of nitrogens with zero attached hydrogens (tertiary/aromatic N) is 4. The van der Waals surface area contributed by atoms with Gasteiger partial charge in [-0.2, -0.15) is 13.2 Å². The van der Waals surface area contributed by atoms with Gasteiger partial charge in [-0.3, -0.25) is 0 Å². The first-order valence-electron chi connectivity index (χ1n) is 9.06. The fourth-order valence-electron chi connectivity index (χ4n) is 2.96. The number of anilines is 1. The number of hydrogen-bond donors (Lipinski definition) is 1. The van der Waals surface area contributed by atoms with Crippen LogP contribution in [0.25, 0.3) is 0 Å². The average Bonchev–Trinajstić information content (AvgIpc) is 3.05. The molecule has 1 N–H and O–H groups in total. The van der Waals surface area contributed by atoms with Crippen molar-refractivity contribution < 1.29 is 22.7 Å². The third kappa shape index (κ3) is 6.10. The molecule has 2 amide bonds. The third-order valence-electron chi connectivity index (χ3n) is 4.44. The van der Waals surface area contributed by atoms with Crippen LogP contribution in [0.3, 0.4) is 0 Å². The molecule has 0 bridgehead atoms. The summed E-state index contributed by atoms with van der Waals surface area (Å²) in [5, 5.41) is 11.5. The van der Waals surface area contributed by atoms with Crippen LogP contribution in [-0.2, 0) is 11.8 Å². The molecule has 29 heavy (non-hydrogen) atoms. The van der Waals surface area contributed by atoms with Crippen LogP contribution in [0.2, 0.25) is 0 Å². The largest absolute Gasteiger partial charge is 0.391 e. The Bertz CT molecular complexity index is 845. The summed E-state index contributed by atoms with van der Waals surface area (Å²) in [4.78, 5) is 13.9. The standard InChI is InChI=1S/C18H22F3N5O2S/c1-12(29-17-24-22-11-25(17)2)13-4-3-5-14(8-13)23-16(27)26-6-7-28-15(10-26)9-18(19,20)21/h3-5,8,11-12,15H,6-7,9-10H2,1-2H3,(H,23,27)/t12-,15?/m0/s1. The number of aryl methyl sites for hydroxylation is 1. The molecule has 1 aromatic carbocycles. The number of carbonyl (C=O) groups excluding carboxylic acids is 1. The predicted octanol–water partition coefficient (Wildman–Crippen LogP) is 3.85. The molecule has 3 rings (SSSR count). The summed E-state index contributed by atoms with van der Waals surface area (Å²) in [6.07, 6.45) is -4.80. The van der Waals surface area contributed by atoms with E-state index in [9.17, 15) is 18.0 Å². The van der Waals surface area contributed by atoms with Crippen molar-refractivity contribution >= 4 is 23.5 Å². The molecule has 0 saturated carbocycles. The van der Waals surface area contributed by atoms with E-state index in [1.165, 1.54) is 16.7 Å². The van der Waals surface area contributed by atoms with E-state index in [0.717, 1.165) is 10.7 Å². The zero-order valence-corrected chi connectivity index (χ0v) is 16.8. The van der Waals surface area contributed by atoms with Gasteiger partial charge in [0.05, 0.1) is 19.1 Å². The maximum atomic E-state index is 12.6. The van der Waals surface area contributed by atoms with Crippen LogP contribution in [0.15, 0.2) is 35.7 Å². The Morgan fingerprint density at radius 3 is 2.93 bits per heavy atom. The van der Waals surface area contributed by atoms with Gasteiger partial charge in [-0.1, -0.05) is 23.9 Å². The number of halogens is 3. The smallest absolute Gasteiger partial charge is 0.374 e. The normalized spacial score (nSPS) is 18.5. The number of benzene rings is 1. The van der Waals surface area contributed by atoms with E-state index in [0.29, 0.717) is 5.69 Å². The first-order valence-corrected chi connectivity index (χ1v) is 9.94. The molecule has 1 unspecified atom stereocenters. The summed E-state index contributed by atoms with van der Waals surface area (Å²) < 4.78 is 44.7. The van der Waals surface area contributed by atoms with Crippen molar-refractivity contribution in [2.75, 3.05) is 25.0 Å². The zero-order chi connectivity index (χ0) is 21.0. The highest BCUT2D eigenvalue weighted by molar-refractivity contribution is 7.99. The van der Waals surface area contributed by atoms with Crippen molar-refractivity contribution in [1.29, 1.82) is 0 Å². The second-order valence-electron chi connectivity index (χ2n) is 6.80. The summed E-state index contributed by atoms with van der Waals surface area (Å²) in [6, 6.07) is 6.92. The molecule has 0 radical (unpaired) electrons. The number of ether oxygens (including phenoxy) is 1. The minimum absolute atomic E-state index is 0.0642. The number of rotatable bonds is 5. The topological polar surface area (TPSA) is 72.3 Å². The van der Waals surface area contributed by atoms with Gasteiger partial charge in [-0.25, -0.2) is 4.79 Å². The number of morpholine rings is 1. The first kappa shape index (κ1) is 21.4. The SMILES string of the molecule is C[C@H](Sc1nncn1C)c1cccc(NC(=O)N2CCOC(CC(F)(F)F)C2)c1. The van der Waals surface area contributed by atoms with E-state index in [1.807, 2.05) is 36.7 Å². The number of thioether (sulfide) groups is 1. The van der Waals surface area contributed by atoms with Gasteiger partial charge in [0.15, 0.2) is 5.16 Å². The molecule has 1 fully saturated rings. The molecule has 2 aromatic rings.